The summed E-state index contributed by atoms with van der Waals surface area (Å²) in [6, 6.07) is 0. The lowest BCUT2D eigenvalue weighted by atomic mass is 10.1. The normalized spacial score (nSPS) is 8.45. The number of halogens is 1. The van der Waals surface area contributed by atoms with Crippen molar-refractivity contribution in [1.29, 1.82) is 0 Å². The zero-order valence-electron chi connectivity index (χ0n) is 6.38. The van der Waals surface area contributed by atoms with Gasteiger partial charge in [0.25, 0.3) is 0 Å². The number of rotatable bonds is 5. The maximum absolute atomic E-state index is 10.2. The molecule has 0 atom stereocenters. The van der Waals surface area contributed by atoms with Gasteiger partial charge in [-0.1, -0.05) is 6.58 Å². The predicted octanol–water partition coefficient (Wildman–Crippen LogP) is 1.18. The highest BCUT2D eigenvalue weighted by Gasteiger charge is 2.01. The summed E-state index contributed by atoms with van der Waals surface area (Å²) < 4.78 is 0. The van der Waals surface area contributed by atoms with Gasteiger partial charge in [0.1, 0.15) is 0 Å². The largest absolute Gasteiger partial charge is 0.478 e. The van der Waals surface area contributed by atoms with Crippen molar-refractivity contribution in [3.05, 3.63) is 12.2 Å². The molecule has 11 heavy (non-hydrogen) atoms. The van der Waals surface area contributed by atoms with Crippen LogP contribution in [0.15, 0.2) is 12.2 Å². The molecule has 0 radical (unpaired) electrons. The summed E-state index contributed by atoms with van der Waals surface area (Å²) in [5, 5.41) is 8.35. The molecule has 0 aromatic heterocycles. The first-order valence-corrected chi connectivity index (χ1v) is 3.29. The Morgan fingerprint density at radius 1 is 1.45 bits per heavy atom. The highest BCUT2D eigenvalue weighted by Crippen LogP contribution is 2.03. The second-order valence-corrected chi connectivity index (χ2v) is 2.15. The summed E-state index contributed by atoms with van der Waals surface area (Å²) in [4.78, 5) is 10.2. The van der Waals surface area contributed by atoms with Crippen LogP contribution in [0.2, 0.25) is 0 Å². The van der Waals surface area contributed by atoms with E-state index >= 15 is 0 Å². The van der Waals surface area contributed by atoms with E-state index in [-0.39, 0.29) is 18.0 Å². The summed E-state index contributed by atoms with van der Waals surface area (Å²) >= 11 is 0. The molecule has 0 spiro atoms. The molecule has 0 unspecified atom stereocenters. The number of hydrogen-bond donors (Lipinski definition) is 2. The van der Waals surface area contributed by atoms with Crippen LogP contribution in [0.4, 0.5) is 0 Å². The van der Waals surface area contributed by atoms with E-state index in [9.17, 15) is 4.79 Å². The Balaban J connectivity index is 0. The maximum atomic E-state index is 10.2. The highest BCUT2D eigenvalue weighted by molar-refractivity contribution is 5.85. The van der Waals surface area contributed by atoms with E-state index in [0.717, 1.165) is 12.8 Å². The fourth-order valence-corrected chi connectivity index (χ4v) is 0.590. The molecule has 4 heteroatoms. The predicted molar refractivity (Wildman–Crippen MR) is 46.9 cm³/mol. The van der Waals surface area contributed by atoms with E-state index in [2.05, 4.69) is 6.58 Å². The number of carboxylic acid groups (broad SMARTS) is 1. The molecule has 0 bridgehead atoms. The van der Waals surface area contributed by atoms with Crippen LogP contribution in [0.5, 0.6) is 0 Å². The molecular weight excluding hydrogens is 166 g/mol. The molecule has 0 saturated heterocycles. The van der Waals surface area contributed by atoms with E-state index in [1.165, 1.54) is 0 Å². The molecule has 66 valence electrons. The SMILES string of the molecule is C=C(CCCCN)C(=O)O.Cl. The number of aliphatic carboxylic acids is 1. The van der Waals surface area contributed by atoms with E-state index < -0.39 is 5.97 Å². The van der Waals surface area contributed by atoms with Crippen molar-refractivity contribution in [1.82, 2.24) is 0 Å². The van der Waals surface area contributed by atoms with Crippen molar-refractivity contribution in [3.63, 3.8) is 0 Å². The minimum atomic E-state index is -0.906. The zero-order chi connectivity index (χ0) is 7.98. The van der Waals surface area contributed by atoms with Crippen LogP contribution in [0.3, 0.4) is 0 Å². The Hall–Kier alpha value is -0.540. The average Bonchev–Trinajstić information content (AvgIpc) is 1.88. The lowest BCUT2D eigenvalue weighted by Gasteiger charge is -1.97. The van der Waals surface area contributed by atoms with Crippen molar-refractivity contribution >= 4 is 18.4 Å². The topological polar surface area (TPSA) is 63.3 Å². The van der Waals surface area contributed by atoms with Crippen molar-refractivity contribution in [2.24, 2.45) is 5.73 Å². The summed E-state index contributed by atoms with van der Waals surface area (Å²) in [5.74, 6) is -0.906. The number of nitrogens with two attached hydrogens (primary N) is 1. The van der Waals surface area contributed by atoms with Crippen molar-refractivity contribution in [2.45, 2.75) is 19.3 Å². The first kappa shape index (κ1) is 13.1. The van der Waals surface area contributed by atoms with Gasteiger partial charge in [0.2, 0.25) is 0 Å². The van der Waals surface area contributed by atoms with E-state index in [4.69, 9.17) is 10.8 Å². The lowest BCUT2D eigenvalue weighted by molar-refractivity contribution is -0.132. The fraction of sp³-hybridized carbons (Fsp3) is 0.571. The summed E-state index contributed by atoms with van der Waals surface area (Å²) in [6.07, 6.45) is 2.24. The molecule has 3 N–H and O–H groups in total. The van der Waals surface area contributed by atoms with Crippen LogP contribution >= 0.6 is 12.4 Å². The maximum Gasteiger partial charge on any atom is 0.330 e. The summed E-state index contributed by atoms with van der Waals surface area (Å²) in [5.41, 5.74) is 5.49. The van der Waals surface area contributed by atoms with E-state index in [1.807, 2.05) is 0 Å². The van der Waals surface area contributed by atoms with Crippen molar-refractivity contribution in [3.8, 4) is 0 Å². The third-order valence-corrected chi connectivity index (χ3v) is 1.24. The van der Waals surface area contributed by atoms with Gasteiger partial charge in [-0.3, -0.25) is 0 Å². The molecule has 0 aromatic rings. The smallest absolute Gasteiger partial charge is 0.330 e. The molecule has 0 fully saturated rings. The molecular formula is C7H14ClNO2. The van der Waals surface area contributed by atoms with Crippen LogP contribution in [0, 0.1) is 0 Å². The number of carbonyl (C=O) groups is 1. The van der Waals surface area contributed by atoms with Gasteiger partial charge in [-0.15, -0.1) is 12.4 Å². The summed E-state index contributed by atoms with van der Waals surface area (Å²) in [6.45, 7) is 4.00. The van der Waals surface area contributed by atoms with Crippen molar-refractivity contribution in [2.75, 3.05) is 6.54 Å². The molecule has 0 heterocycles. The standard InChI is InChI=1S/C7H13NO2.ClH/c1-6(7(9)10)4-2-3-5-8;/h1-5,8H2,(H,9,10);1H. The Morgan fingerprint density at radius 2 is 2.00 bits per heavy atom. The molecule has 0 amide bonds. The van der Waals surface area contributed by atoms with Crippen LogP contribution in [-0.4, -0.2) is 17.6 Å². The van der Waals surface area contributed by atoms with Crippen LogP contribution in [-0.2, 0) is 4.79 Å². The second-order valence-electron chi connectivity index (χ2n) is 2.15. The fourth-order valence-electron chi connectivity index (χ4n) is 0.590. The van der Waals surface area contributed by atoms with Crippen molar-refractivity contribution < 1.29 is 9.90 Å². The lowest BCUT2D eigenvalue weighted by Crippen LogP contribution is -2.01. The van der Waals surface area contributed by atoms with Gasteiger partial charge in [-0.05, 0) is 25.8 Å². The number of carboxylic acids is 1. The Kier molecular flexibility index (Phi) is 9.00. The van der Waals surface area contributed by atoms with Gasteiger partial charge in [-0.2, -0.15) is 0 Å². The molecule has 0 aliphatic rings. The molecule has 0 rings (SSSR count). The minimum Gasteiger partial charge on any atom is -0.478 e. The average molecular weight is 180 g/mol. The second kappa shape index (κ2) is 7.57. The Labute approximate surface area is 72.7 Å². The van der Waals surface area contributed by atoms with Gasteiger partial charge < -0.3 is 10.8 Å². The zero-order valence-corrected chi connectivity index (χ0v) is 7.19. The minimum absolute atomic E-state index is 0. The highest BCUT2D eigenvalue weighted by atomic mass is 35.5. The molecule has 0 aromatic carbocycles. The van der Waals surface area contributed by atoms with Gasteiger partial charge in [-0.25, -0.2) is 4.79 Å². The van der Waals surface area contributed by atoms with Gasteiger partial charge in [0.15, 0.2) is 0 Å². The van der Waals surface area contributed by atoms with Crippen LogP contribution < -0.4 is 5.73 Å². The number of hydrogen-bond acceptors (Lipinski definition) is 2. The summed E-state index contributed by atoms with van der Waals surface area (Å²) in [7, 11) is 0. The molecule has 0 saturated carbocycles. The Morgan fingerprint density at radius 3 is 2.36 bits per heavy atom. The first-order chi connectivity index (χ1) is 4.68. The van der Waals surface area contributed by atoms with Gasteiger partial charge >= 0.3 is 5.97 Å². The third-order valence-electron chi connectivity index (χ3n) is 1.24. The first-order valence-electron chi connectivity index (χ1n) is 3.29. The molecule has 0 aliphatic heterocycles. The third kappa shape index (κ3) is 7.36. The van der Waals surface area contributed by atoms with Crippen LogP contribution in [0.25, 0.3) is 0 Å². The van der Waals surface area contributed by atoms with Crippen LogP contribution in [0.1, 0.15) is 19.3 Å². The number of unbranched alkanes of at least 4 members (excludes halogenated alkanes) is 1. The van der Waals surface area contributed by atoms with Gasteiger partial charge in [0, 0.05) is 5.57 Å². The van der Waals surface area contributed by atoms with E-state index in [0.29, 0.717) is 13.0 Å². The molecule has 0 aliphatic carbocycles. The van der Waals surface area contributed by atoms with Gasteiger partial charge in [0.05, 0.1) is 0 Å². The Bertz CT molecular complexity index is 136. The quantitative estimate of drug-likeness (QED) is 0.492. The van der Waals surface area contributed by atoms with E-state index in [1.54, 1.807) is 0 Å². The monoisotopic (exact) mass is 179 g/mol. The molecule has 3 nitrogen and oxygen atoms in total.